The van der Waals surface area contributed by atoms with Crippen LogP contribution in [0.1, 0.15) is 90.9 Å². The van der Waals surface area contributed by atoms with Gasteiger partial charge in [0.15, 0.2) is 0 Å². The Morgan fingerprint density at radius 2 is 0.833 bits per heavy atom. The van der Waals surface area contributed by atoms with Gasteiger partial charge in [-0.1, -0.05) is 139 Å². The van der Waals surface area contributed by atoms with E-state index in [1.807, 2.05) is 0 Å². The molecular weight excluding hydrogens is 440 g/mol. The summed E-state index contributed by atoms with van der Waals surface area (Å²) >= 11 is 0. The van der Waals surface area contributed by atoms with Gasteiger partial charge in [0.1, 0.15) is 11.5 Å². The Bertz CT molecular complexity index is 888. The molecule has 3 aromatic rings. The summed E-state index contributed by atoms with van der Waals surface area (Å²) in [6.45, 7) is 6.01. The zero-order valence-electron chi connectivity index (χ0n) is 22.6. The maximum absolute atomic E-state index is 6.42. The largest absolute Gasteiger partial charge is 0.493 e. The molecule has 0 spiro atoms. The van der Waals surface area contributed by atoms with Crippen LogP contribution in [0.25, 0.3) is 22.3 Å². The van der Waals surface area contributed by atoms with E-state index in [9.17, 15) is 0 Å². The van der Waals surface area contributed by atoms with Crippen molar-refractivity contribution >= 4 is 0 Å². The lowest BCUT2D eigenvalue weighted by Gasteiger charge is -2.18. The zero-order chi connectivity index (χ0) is 25.3. The molecule has 36 heavy (non-hydrogen) atoms. The molecule has 0 bridgehead atoms. The highest BCUT2D eigenvalue weighted by atomic mass is 16.5. The first-order chi connectivity index (χ1) is 17.8. The lowest BCUT2D eigenvalue weighted by atomic mass is 9.97. The molecule has 0 fully saturated rings. The maximum Gasteiger partial charge on any atom is 0.130 e. The molecule has 2 nitrogen and oxygen atoms in total. The highest BCUT2D eigenvalue weighted by Gasteiger charge is 2.15. The van der Waals surface area contributed by atoms with Crippen LogP contribution in [0.15, 0.2) is 72.8 Å². The second-order valence-electron chi connectivity index (χ2n) is 9.81. The van der Waals surface area contributed by atoms with Crippen LogP contribution >= 0.6 is 0 Å². The molecule has 0 unspecified atom stereocenters. The summed E-state index contributed by atoms with van der Waals surface area (Å²) in [5.74, 6) is 1.85. The summed E-state index contributed by atoms with van der Waals surface area (Å²) in [4.78, 5) is 0. The third-order valence-corrected chi connectivity index (χ3v) is 6.76. The number of ether oxygens (including phenoxy) is 2. The molecule has 0 saturated carbocycles. The van der Waals surface area contributed by atoms with Crippen molar-refractivity contribution in [1.29, 1.82) is 0 Å². The van der Waals surface area contributed by atoms with Crippen molar-refractivity contribution in [2.75, 3.05) is 13.2 Å². The van der Waals surface area contributed by atoms with Gasteiger partial charge in [-0.15, -0.1) is 0 Å². The van der Waals surface area contributed by atoms with E-state index < -0.39 is 0 Å². The lowest BCUT2D eigenvalue weighted by Crippen LogP contribution is -2.03. The van der Waals surface area contributed by atoms with E-state index in [0.29, 0.717) is 0 Å². The molecule has 0 amide bonds. The molecule has 0 aromatic heterocycles. The van der Waals surface area contributed by atoms with Crippen molar-refractivity contribution in [1.82, 2.24) is 0 Å². The lowest BCUT2D eigenvalue weighted by molar-refractivity contribution is 0.291. The fourth-order valence-electron chi connectivity index (χ4n) is 4.62. The fourth-order valence-corrected chi connectivity index (χ4v) is 4.62. The second kappa shape index (κ2) is 16.8. The third kappa shape index (κ3) is 9.37. The number of rotatable bonds is 18. The van der Waals surface area contributed by atoms with E-state index in [1.54, 1.807) is 0 Å². The Morgan fingerprint density at radius 3 is 1.25 bits per heavy atom. The Hall–Kier alpha value is -2.74. The summed E-state index contributed by atoms with van der Waals surface area (Å²) in [5.41, 5.74) is 4.62. The average Bonchev–Trinajstić information content (AvgIpc) is 2.93. The van der Waals surface area contributed by atoms with Gasteiger partial charge in [0.25, 0.3) is 0 Å². The minimum atomic E-state index is 0.744. The first-order valence-electron chi connectivity index (χ1n) is 14.4. The van der Waals surface area contributed by atoms with Crippen molar-refractivity contribution < 1.29 is 9.47 Å². The first-order valence-corrected chi connectivity index (χ1v) is 14.4. The van der Waals surface area contributed by atoms with Crippen LogP contribution in [-0.4, -0.2) is 13.2 Å². The molecule has 0 radical (unpaired) electrons. The predicted octanol–water partition coefficient (Wildman–Crippen LogP) is 10.5. The number of unbranched alkanes of at least 4 members (excludes halogenated alkanes) is 10. The van der Waals surface area contributed by atoms with Crippen LogP contribution < -0.4 is 9.47 Å². The molecular formula is C34H46O2. The summed E-state index contributed by atoms with van der Waals surface area (Å²) in [6, 6.07) is 25.6. The van der Waals surface area contributed by atoms with E-state index in [0.717, 1.165) is 48.7 Å². The van der Waals surface area contributed by atoms with Gasteiger partial charge in [-0.25, -0.2) is 0 Å². The van der Waals surface area contributed by atoms with Crippen LogP contribution in [0.3, 0.4) is 0 Å². The van der Waals surface area contributed by atoms with Gasteiger partial charge < -0.3 is 9.47 Å². The van der Waals surface area contributed by atoms with Gasteiger partial charge in [-0.3, -0.25) is 0 Å². The molecule has 3 aromatic carbocycles. The number of benzene rings is 3. The van der Waals surface area contributed by atoms with Gasteiger partial charge in [0, 0.05) is 17.2 Å². The Labute approximate surface area is 220 Å². The smallest absolute Gasteiger partial charge is 0.130 e. The van der Waals surface area contributed by atoms with Gasteiger partial charge in [0.2, 0.25) is 0 Å². The fraction of sp³-hybridized carbons (Fsp3) is 0.471. The van der Waals surface area contributed by atoms with Gasteiger partial charge in [0.05, 0.1) is 13.2 Å². The molecule has 3 rings (SSSR count). The second-order valence-corrected chi connectivity index (χ2v) is 9.81. The third-order valence-electron chi connectivity index (χ3n) is 6.76. The van der Waals surface area contributed by atoms with Gasteiger partial charge in [-0.2, -0.15) is 0 Å². The zero-order valence-corrected chi connectivity index (χ0v) is 22.6. The molecule has 0 saturated heterocycles. The van der Waals surface area contributed by atoms with Crippen LogP contribution in [-0.2, 0) is 0 Å². The van der Waals surface area contributed by atoms with Crippen LogP contribution in [0.5, 0.6) is 11.5 Å². The van der Waals surface area contributed by atoms with Crippen molar-refractivity contribution in [3.05, 3.63) is 72.8 Å². The Kier molecular flexibility index (Phi) is 13.0. The van der Waals surface area contributed by atoms with Crippen molar-refractivity contribution in [2.45, 2.75) is 90.9 Å². The molecule has 194 valence electrons. The monoisotopic (exact) mass is 486 g/mol. The van der Waals surface area contributed by atoms with E-state index >= 15 is 0 Å². The highest BCUT2D eigenvalue weighted by molar-refractivity contribution is 5.81. The minimum absolute atomic E-state index is 0.744. The summed E-state index contributed by atoms with van der Waals surface area (Å²) < 4.78 is 12.8. The standard InChI is InChI=1S/C34H46O2/c1-3-5-7-9-11-19-25-35-33-28-34(36-26-20-12-10-8-6-4-2)32(30-23-17-14-18-24-30)27-31(33)29-21-15-13-16-22-29/h13-18,21-24,27-28H,3-12,19-20,25-26H2,1-2H3. The topological polar surface area (TPSA) is 18.5 Å². The first kappa shape index (κ1) is 27.8. The molecule has 0 aliphatic carbocycles. The predicted molar refractivity (Wildman–Crippen MR) is 155 cm³/mol. The molecule has 2 heteroatoms. The molecule has 0 aliphatic rings. The SMILES string of the molecule is CCCCCCCCOc1cc(OCCCCCCCC)c(-c2ccccc2)cc1-c1ccccc1. The van der Waals surface area contributed by atoms with E-state index in [1.165, 1.54) is 75.3 Å². The normalized spacial score (nSPS) is 10.9. The quantitative estimate of drug-likeness (QED) is 0.166. The highest BCUT2D eigenvalue weighted by Crippen LogP contribution is 2.41. The summed E-state index contributed by atoms with van der Waals surface area (Å²) in [6.07, 6.45) is 15.1. The molecule has 0 atom stereocenters. The van der Waals surface area contributed by atoms with Crippen LogP contribution in [0, 0.1) is 0 Å². The van der Waals surface area contributed by atoms with E-state index in [4.69, 9.17) is 9.47 Å². The molecule has 0 aliphatic heterocycles. The van der Waals surface area contributed by atoms with Gasteiger partial charge >= 0.3 is 0 Å². The molecule has 0 heterocycles. The van der Waals surface area contributed by atoms with E-state index in [-0.39, 0.29) is 0 Å². The van der Waals surface area contributed by atoms with Crippen LogP contribution in [0.2, 0.25) is 0 Å². The summed E-state index contributed by atoms with van der Waals surface area (Å²) in [5, 5.41) is 0. The van der Waals surface area contributed by atoms with Crippen molar-refractivity contribution in [2.24, 2.45) is 0 Å². The molecule has 0 N–H and O–H groups in total. The minimum Gasteiger partial charge on any atom is -0.493 e. The van der Waals surface area contributed by atoms with Crippen LogP contribution in [0.4, 0.5) is 0 Å². The van der Waals surface area contributed by atoms with E-state index in [2.05, 4.69) is 86.6 Å². The maximum atomic E-state index is 6.42. The number of hydrogen-bond donors (Lipinski definition) is 0. The Morgan fingerprint density at radius 1 is 0.444 bits per heavy atom. The number of hydrogen-bond acceptors (Lipinski definition) is 2. The summed E-state index contributed by atoms with van der Waals surface area (Å²) in [7, 11) is 0. The Balaban J connectivity index is 1.79. The van der Waals surface area contributed by atoms with Gasteiger partial charge in [-0.05, 0) is 30.0 Å². The van der Waals surface area contributed by atoms with Crippen molar-refractivity contribution in [3.63, 3.8) is 0 Å². The van der Waals surface area contributed by atoms with Crippen molar-refractivity contribution in [3.8, 4) is 33.8 Å². The average molecular weight is 487 g/mol.